The Morgan fingerprint density at radius 3 is 2.54 bits per heavy atom. The number of carbonyl (C=O) groups excluding carboxylic acids is 2. The molecular weight excluding hydrogens is 338 g/mol. The van der Waals surface area contributed by atoms with E-state index in [1.807, 2.05) is 0 Å². The third kappa shape index (κ3) is 3.54. The highest BCUT2D eigenvalue weighted by molar-refractivity contribution is 5.95. The van der Waals surface area contributed by atoms with Crippen molar-refractivity contribution >= 4 is 17.7 Å². The van der Waals surface area contributed by atoms with Gasteiger partial charge >= 0.3 is 12.0 Å². The van der Waals surface area contributed by atoms with E-state index in [0.717, 1.165) is 19.3 Å². The van der Waals surface area contributed by atoms with Crippen molar-refractivity contribution in [1.82, 2.24) is 10.6 Å². The molecule has 1 aromatic rings. The van der Waals surface area contributed by atoms with E-state index in [4.69, 9.17) is 4.74 Å². The highest BCUT2D eigenvalue weighted by Crippen LogP contribution is 2.32. The lowest BCUT2D eigenvalue weighted by atomic mass is 9.95. The van der Waals surface area contributed by atoms with Crippen molar-refractivity contribution in [2.24, 2.45) is 5.92 Å². The van der Waals surface area contributed by atoms with Gasteiger partial charge in [-0.05, 0) is 49.8 Å². The van der Waals surface area contributed by atoms with E-state index in [-0.39, 0.29) is 11.8 Å². The normalized spacial score (nSPS) is 25.5. The van der Waals surface area contributed by atoms with Crippen LogP contribution in [0.2, 0.25) is 0 Å². The molecule has 0 unspecified atom stereocenters. The quantitative estimate of drug-likeness (QED) is 0.488. The van der Waals surface area contributed by atoms with Crippen LogP contribution >= 0.6 is 0 Å². The van der Waals surface area contributed by atoms with E-state index < -0.39 is 23.0 Å². The largest absolute Gasteiger partial charge is 0.459 e. The zero-order chi connectivity index (χ0) is 18.8. The summed E-state index contributed by atoms with van der Waals surface area (Å²) in [5, 5.41) is 16.1. The summed E-state index contributed by atoms with van der Waals surface area (Å²) < 4.78 is 5.69. The number of hydrogen-bond donors (Lipinski definition) is 2. The molecule has 3 rings (SSSR count). The molecule has 1 aliphatic carbocycles. The fourth-order valence-electron chi connectivity index (χ4n) is 3.49. The van der Waals surface area contributed by atoms with Crippen molar-refractivity contribution in [3.8, 4) is 0 Å². The number of non-ortho nitro benzene ring substituents is 1. The van der Waals surface area contributed by atoms with Crippen LogP contribution in [0.15, 0.2) is 35.5 Å². The third-order valence-electron chi connectivity index (χ3n) is 4.97. The van der Waals surface area contributed by atoms with Gasteiger partial charge < -0.3 is 15.4 Å². The predicted octanol–water partition coefficient (Wildman–Crippen LogP) is 2.95. The first-order valence-corrected chi connectivity index (χ1v) is 8.60. The average Bonchev–Trinajstić information content (AvgIpc) is 2.99. The number of nitro benzene ring substituents is 1. The van der Waals surface area contributed by atoms with E-state index in [1.54, 1.807) is 6.92 Å². The number of benzene rings is 1. The van der Waals surface area contributed by atoms with Crippen molar-refractivity contribution in [1.29, 1.82) is 0 Å². The molecule has 8 nitrogen and oxygen atoms in total. The molecule has 2 aliphatic rings. The molecule has 0 bridgehead atoms. The summed E-state index contributed by atoms with van der Waals surface area (Å²) in [4.78, 5) is 35.0. The highest BCUT2D eigenvalue weighted by atomic mass is 16.6. The fourth-order valence-corrected chi connectivity index (χ4v) is 3.49. The molecule has 3 atom stereocenters. The zero-order valence-corrected chi connectivity index (χ0v) is 14.7. The smallest absolute Gasteiger partial charge is 0.338 e. The van der Waals surface area contributed by atoms with Crippen LogP contribution in [-0.2, 0) is 9.53 Å². The molecule has 1 aromatic carbocycles. The van der Waals surface area contributed by atoms with Crippen molar-refractivity contribution in [3.05, 3.63) is 51.2 Å². The minimum absolute atomic E-state index is 0.0568. The molecule has 2 N–H and O–H groups in total. The molecule has 1 heterocycles. The second-order valence-electron chi connectivity index (χ2n) is 6.77. The van der Waals surface area contributed by atoms with Gasteiger partial charge in [-0.1, -0.05) is 6.92 Å². The Bertz CT molecular complexity index is 772. The average molecular weight is 359 g/mol. The summed E-state index contributed by atoms with van der Waals surface area (Å²) in [5.41, 5.74) is 1.26. The molecule has 8 heteroatoms. The van der Waals surface area contributed by atoms with Gasteiger partial charge in [-0.25, -0.2) is 9.59 Å². The number of esters is 1. The molecule has 1 aliphatic heterocycles. The topological polar surface area (TPSA) is 111 Å². The molecule has 26 heavy (non-hydrogen) atoms. The lowest BCUT2D eigenvalue weighted by Gasteiger charge is -2.29. The summed E-state index contributed by atoms with van der Waals surface area (Å²) >= 11 is 0. The molecule has 2 amide bonds. The molecule has 1 fully saturated rings. The summed E-state index contributed by atoms with van der Waals surface area (Å²) in [5.74, 6) is -0.166. The van der Waals surface area contributed by atoms with Crippen molar-refractivity contribution in [2.75, 3.05) is 0 Å². The molecule has 0 aromatic heterocycles. The first kappa shape index (κ1) is 17.9. The Labute approximate surface area is 150 Å². The number of allylic oxidation sites excluding steroid dienone is 1. The summed E-state index contributed by atoms with van der Waals surface area (Å²) in [6.07, 6.45) is 2.76. The van der Waals surface area contributed by atoms with Gasteiger partial charge in [-0.15, -0.1) is 0 Å². The first-order chi connectivity index (χ1) is 12.4. The van der Waals surface area contributed by atoms with Gasteiger partial charge in [-0.3, -0.25) is 10.1 Å². The van der Waals surface area contributed by atoms with E-state index >= 15 is 0 Å². The summed E-state index contributed by atoms with van der Waals surface area (Å²) in [7, 11) is 0. The number of nitrogens with zero attached hydrogens (tertiary/aromatic N) is 1. The molecule has 0 saturated heterocycles. The van der Waals surface area contributed by atoms with Crippen LogP contribution in [0.3, 0.4) is 0 Å². The molecule has 1 saturated carbocycles. The number of hydrogen-bond acceptors (Lipinski definition) is 5. The maximum absolute atomic E-state index is 12.8. The van der Waals surface area contributed by atoms with Crippen molar-refractivity contribution in [2.45, 2.75) is 45.3 Å². The van der Waals surface area contributed by atoms with E-state index in [2.05, 4.69) is 17.6 Å². The van der Waals surface area contributed by atoms with Gasteiger partial charge in [-0.2, -0.15) is 0 Å². The van der Waals surface area contributed by atoms with E-state index in [1.165, 1.54) is 24.3 Å². The molecule has 138 valence electrons. The highest BCUT2D eigenvalue weighted by Gasteiger charge is 2.35. The molecule has 0 radical (unpaired) electrons. The van der Waals surface area contributed by atoms with Crippen molar-refractivity contribution < 1.29 is 19.2 Å². The van der Waals surface area contributed by atoms with Gasteiger partial charge in [0.1, 0.15) is 6.10 Å². The maximum Gasteiger partial charge on any atom is 0.338 e. The molecule has 0 spiro atoms. The Morgan fingerprint density at radius 1 is 1.27 bits per heavy atom. The standard InChI is InChI=1S/C18H21N3O5/c1-10-4-3-5-14(10)26-17(22)15-11(2)19-18(23)20-16(15)12-6-8-13(9-7-12)21(24)25/h6-10,14,16H,3-5H2,1-2H3,(H2,19,20,23)/t10-,14+,16-/m0/s1. The number of urea groups is 1. The Hall–Kier alpha value is -2.90. The fraction of sp³-hybridized carbons (Fsp3) is 0.444. The van der Waals surface area contributed by atoms with Crippen LogP contribution in [-0.4, -0.2) is 23.0 Å². The first-order valence-electron chi connectivity index (χ1n) is 8.60. The number of nitro groups is 1. The van der Waals surface area contributed by atoms with E-state index in [9.17, 15) is 19.7 Å². The van der Waals surface area contributed by atoms with Crippen LogP contribution in [0, 0.1) is 16.0 Å². The van der Waals surface area contributed by atoms with E-state index in [0.29, 0.717) is 22.8 Å². The van der Waals surface area contributed by atoms with Crippen LogP contribution in [0.1, 0.15) is 44.7 Å². The van der Waals surface area contributed by atoms with Crippen LogP contribution in [0.5, 0.6) is 0 Å². The zero-order valence-electron chi connectivity index (χ0n) is 14.7. The van der Waals surface area contributed by atoms with Crippen molar-refractivity contribution in [3.63, 3.8) is 0 Å². The second-order valence-corrected chi connectivity index (χ2v) is 6.77. The Morgan fingerprint density at radius 2 is 1.96 bits per heavy atom. The Balaban J connectivity index is 1.88. The van der Waals surface area contributed by atoms with Gasteiger partial charge in [0.15, 0.2) is 0 Å². The lowest BCUT2D eigenvalue weighted by Crippen LogP contribution is -2.45. The SMILES string of the molecule is CC1=C(C(=O)O[C@@H]2CCC[C@@H]2C)[C@H](c2ccc([N+](=O)[O-])cc2)NC(=O)N1. The third-order valence-corrected chi connectivity index (χ3v) is 4.97. The monoisotopic (exact) mass is 359 g/mol. The Kier molecular flexibility index (Phi) is 4.92. The van der Waals surface area contributed by atoms with Crippen LogP contribution in [0.25, 0.3) is 0 Å². The lowest BCUT2D eigenvalue weighted by molar-refractivity contribution is -0.384. The number of nitrogens with one attached hydrogen (secondary N) is 2. The van der Waals surface area contributed by atoms with Crippen LogP contribution in [0.4, 0.5) is 10.5 Å². The minimum atomic E-state index is -0.714. The van der Waals surface area contributed by atoms with Gasteiger partial charge in [0, 0.05) is 17.8 Å². The second kappa shape index (κ2) is 7.15. The van der Waals surface area contributed by atoms with Crippen LogP contribution < -0.4 is 10.6 Å². The van der Waals surface area contributed by atoms with Gasteiger partial charge in [0.2, 0.25) is 0 Å². The van der Waals surface area contributed by atoms with Gasteiger partial charge in [0.05, 0.1) is 16.5 Å². The van der Waals surface area contributed by atoms with Gasteiger partial charge in [0.25, 0.3) is 5.69 Å². The summed E-state index contributed by atoms with van der Waals surface area (Å²) in [6.45, 7) is 3.70. The number of amides is 2. The maximum atomic E-state index is 12.8. The minimum Gasteiger partial charge on any atom is -0.459 e. The number of carbonyl (C=O) groups is 2. The number of ether oxygens (including phenoxy) is 1. The predicted molar refractivity (Wildman–Crippen MR) is 93.1 cm³/mol. The molecular formula is C18H21N3O5. The number of rotatable bonds is 4. The summed E-state index contributed by atoms with van der Waals surface area (Å²) in [6, 6.07) is 4.62.